The molecule has 0 aromatic heterocycles. The number of hydrogen-bond acceptors (Lipinski definition) is 4. The zero-order chi connectivity index (χ0) is 14.2. The van der Waals surface area contributed by atoms with Crippen LogP contribution >= 0.6 is 0 Å². The summed E-state index contributed by atoms with van der Waals surface area (Å²) < 4.78 is 4.43. The fourth-order valence-corrected chi connectivity index (χ4v) is 1.65. The molecule has 0 saturated heterocycles. The van der Waals surface area contributed by atoms with E-state index in [1.807, 2.05) is 0 Å². The molecule has 18 heavy (non-hydrogen) atoms. The number of esters is 1. The fraction of sp³-hybridized carbons (Fsp3) is 0.750. The third-order valence-corrected chi connectivity index (χ3v) is 3.19. The van der Waals surface area contributed by atoms with Crippen LogP contribution in [0, 0.1) is 5.41 Å². The molecule has 0 aromatic rings. The Hall–Kier alpha value is -1.59. The summed E-state index contributed by atoms with van der Waals surface area (Å²) in [6.07, 6.45) is 0.795. The Bertz CT molecular complexity index is 310. The number of nitrogens with one attached hydrogen (secondary N) is 1. The molecule has 0 aliphatic carbocycles. The van der Waals surface area contributed by atoms with Crippen molar-refractivity contribution >= 4 is 17.8 Å². The van der Waals surface area contributed by atoms with E-state index in [2.05, 4.69) is 10.1 Å². The second-order valence-corrected chi connectivity index (χ2v) is 4.15. The molecule has 6 heteroatoms. The number of ether oxygens (including phenoxy) is 1. The smallest absolute Gasteiger partial charge is 0.310 e. The lowest BCUT2D eigenvalue weighted by molar-refractivity contribution is -0.152. The predicted octanol–water partition coefficient (Wildman–Crippen LogP) is 0.947. The van der Waals surface area contributed by atoms with Gasteiger partial charge in [0.05, 0.1) is 18.9 Å². The molecular formula is C12H21NO5. The topological polar surface area (TPSA) is 92.7 Å². The first kappa shape index (κ1) is 16.4. The van der Waals surface area contributed by atoms with E-state index in [0.717, 1.165) is 0 Å². The summed E-state index contributed by atoms with van der Waals surface area (Å²) >= 11 is 0. The Morgan fingerprint density at radius 1 is 1.22 bits per heavy atom. The normalized spacial score (nSPS) is 10.8. The molecule has 0 aromatic carbocycles. The van der Waals surface area contributed by atoms with Crippen molar-refractivity contribution in [2.24, 2.45) is 5.41 Å². The molecule has 0 spiro atoms. The molecule has 0 radical (unpaired) electrons. The lowest BCUT2D eigenvalue weighted by atomic mass is 9.79. The van der Waals surface area contributed by atoms with Gasteiger partial charge in [0.1, 0.15) is 0 Å². The van der Waals surface area contributed by atoms with E-state index in [1.54, 1.807) is 13.8 Å². The Labute approximate surface area is 107 Å². The number of rotatable bonds is 8. The summed E-state index contributed by atoms with van der Waals surface area (Å²) in [4.78, 5) is 33.6. The predicted molar refractivity (Wildman–Crippen MR) is 64.9 cm³/mol. The van der Waals surface area contributed by atoms with Gasteiger partial charge in [-0.25, -0.2) is 0 Å². The van der Waals surface area contributed by atoms with Crippen LogP contribution in [0.15, 0.2) is 0 Å². The van der Waals surface area contributed by atoms with E-state index in [-0.39, 0.29) is 25.3 Å². The molecule has 0 atom stereocenters. The molecule has 2 N–H and O–H groups in total. The van der Waals surface area contributed by atoms with Crippen LogP contribution in [-0.4, -0.2) is 36.6 Å². The third-order valence-electron chi connectivity index (χ3n) is 3.19. The van der Waals surface area contributed by atoms with E-state index in [9.17, 15) is 19.5 Å². The largest absolute Gasteiger partial charge is 0.481 e. The van der Waals surface area contributed by atoms with Crippen molar-refractivity contribution < 1.29 is 24.2 Å². The monoisotopic (exact) mass is 259 g/mol. The highest BCUT2D eigenvalue weighted by molar-refractivity contribution is 5.85. The quantitative estimate of drug-likeness (QED) is 0.633. The van der Waals surface area contributed by atoms with Crippen LogP contribution in [0.4, 0.5) is 0 Å². The maximum atomic E-state index is 11.6. The highest BCUT2D eigenvalue weighted by atomic mass is 16.5. The van der Waals surface area contributed by atoms with Crippen molar-refractivity contribution in [2.45, 2.75) is 39.5 Å². The first-order valence-electron chi connectivity index (χ1n) is 5.98. The van der Waals surface area contributed by atoms with Gasteiger partial charge in [0.15, 0.2) is 0 Å². The van der Waals surface area contributed by atoms with Crippen molar-refractivity contribution in [3.8, 4) is 0 Å². The van der Waals surface area contributed by atoms with Crippen molar-refractivity contribution in [1.82, 2.24) is 5.32 Å². The van der Waals surface area contributed by atoms with Crippen LogP contribution in [0.2, 0.25) is 0 Å². The van der Waals surface area contributed by atoms with Gasteiger partial charge < -0.3 is 15.2 Å². The number of methoxy groups -OCH3 is 1. The van der Waals surface area contributed by atoms with Gasteiger partial charge in [-0.05, 0) is 12.8 Å². The Kier molecular flexibility index (Phi) is 7.00. The lowest BCUT2D eigenvalue weighted by Gasteiger charge is -2.25. The number of hydrogen-bond donors (Lipinski definition) is 2. The molecule has 6 nitrogen and oxygen atoms in total. The Balaban J connectivity index is 4.28. The highest BCUT2D eigenvalue weighted by Crippen LogP contribution is 2.30. The summed E-state index contributed by atoms with van der Waals surface area (Å²) in [6, 6.07) is 0. The summed E-state index contributed by atoms with van der Waals surface area (Å²) in [6.45, 7) is 3.66. The average Bonchev–Trinajstić information content (AvgIpc) is 2.35. The zero-order valence-electron chi connectivity index (χ0n) is 11.1. The zero-order valence-corrected chi connectivity index (χ0v) is 11.1. The highest BCUT2D eigenvalue weighted by Gasteiger charge is 2.36. The van der Waals surface area contributed by atoms with Crippen LogP contribution in [0.3, 0.4) is 0 Å². The molecular weight excluding hydrogens is 238 g/mol. The van der Waals surface area contributed by atoms with Crippen molar-refractivity contribution in [3.63, 3.8) is 0 Å². The first-order chi connectivity index (χ1) is 8.41. The molecule has 104 valence electrons. The SMILES string of the molecule is CCC(CC)(CC(=O)NCCC(=O)OC)C(=O)O. The molecule has 0 rings (SSSR count). The summed E-state index contributed by atoms with van der Waals surface area (Å²) in [5, 5.41) is 11.7. The second-order valence-electron chi connectivity index (χ2n) is 4.15. The lowest BCUT2D eigenvalue weighted by Crippen LogP contribution is -2.37. The number of carboxylic acids is 1. The number of carbonyl (C=O) groups excluding carboxylic acids is 2. The number of carboxylic acid groups (broad SMARTS) is 1. The minimum atomic E-state index is -1.02. The van der Waals surface area contributed by atoms with Crippen LogP contribution < -0.4 is 5.32 Å². The molecule has 0 bridgehead atoms. The average molecular weight is 259 g/mol. The maximum Gasteiger partial charge on any atom is 0.310 e. The van der Waals surface area contributed by atoms with Crippen LogP contribution in [0.1, 0.15) is 39.5 Å². The minimum Gasteiger partial charge on any atom is -0.481 e. The van der Waals surface area contributed by atoms with Gasteiger partial charge in [-0.3, -0.25) is 14.4 Å². The Morgan fingerprint density at radius 2 is 1.78 bits per heavy atom. The molecule has 0 fully saturated rings. The first-order valence-corrected chi connectivity index (χ1v) is 5.98. The van der Waals surface area contributed by atoms with Gasteiger partial charge in [0.25, 0.3) is 0 Å². The summed E-state index contributed by atoms with van der Waals surface area (Å²) in [5.74, 6) is -1.73. The fourth-order valence-electron chi connectivity index (χ4n) is 1.65. The molecule has 1 amide bonds. The van der Waals surface area contributed by atoms with E-state index >= 15 is 0 Å². The van der Waals surface area contributed by atoms with Crippen LogP contribution in [-0.2, 0) is 19.1 Å². The molecule has 0 saturated carbocycles. The molecule has 0 aliphatic rings. The van der Waals surface area contributed by atoms with Gasteiger partial charge in [0, 0.05) is 13.0 Å². The molecule has 0 aliphatic heterocycles. The van der Waals surface area contributed by atoms with E-state index < -0.39 is 17.4 Å². The molecule has 0 heterocycles. The number of amides is 1. The minimum absolute atomic E-state index is 0.0729. The van der Waals surface area contributed by atoms with Gasteiger partial charge in [-0.1, -0.05) is 13.8 Å². The van der Waals surface area contributed by atoms with E-state index in [0.29, 0.717) is 12.8 Å². The van der Waals surface area contributed by atoms with Gasteiger partial charge in [0.2, 0.25) is 5.91 Å². The summed E-state index contributed by atoms with van der Waals surface area (Å²) in [7, 11) is 1.27. The van der Waals surface area contributed by atoms with Crippen molar-refractivity contribution in [1.29, 1.82) is 0 Å². The number of carbonyl (C=O) groups is 3. The van der Waals surface area contributed by atoms with Crippen LogP contribution in [0.25, 0.3) is 0 Å². The molecule has 0 unspecified atom stereocenters. The van der Waals surface area contributed by atoms with Crippen molar-refractivity contribution in [2.75, 3.05) is 13.7 Å². The summed E-state index contributed by atoms with van der Waals surface area (Å²) in [5.41, 5.74) is -1.02. The Morgan fingerprint density at radius 3 is 2.17 bits per heavy atom. The van der Waals surface area contributed by atoms with Gasteiger partial charge in [-0.15, -0.1) is 0 Å². The van der Waals surface area contributed by atoms with Crippen LogP contribution in [0.5, 0.6) is 0 Å². The van der Waals surface area contributed by atoms with Crippen molar-refractivity contribution in [3.05, 3.63) is 0 Å². The standard InChI is InChI=1S/C12H21NO5/c1-4-12(5-2,11(16)17)8-9(14)13-7-6-10(15)18-3/h4-8H2,1-3H3,(H,13,14)(H,16,17). The third kappa shape index (κ3) is 4.73. The maximum absolute atomic E-state index is 11.6. The van der Waals surface area contributed by atoms with Gasteiger partial charge in [-0.2, -0.15) is 0 Å². The second kappa shape index (κ2) is 7.68. The van der Waals surface area contributed by atoms with E-state index in [4.69, 9.17) is 0 Å². The van der Waals surface area contributed by atoms with Gasteiger partial charge >= 0.3 is 11.9 Å². The number of aliphatic carboxylic acids is 1. The van der Waals surface area contributed by atoms with E-state index in [1.165, 1.54) is 7.11 Å².